The number of hydrogen-bond donors (Lipinski definition) is 2. The molecule has 0 unspecified atom stereocenters. The Balaban J connectivity index is 1.95. The van der Waals surface area contributed by atoms with Crippen molar-refractivity contribution in [1.29, 1.82) is 0 Å². The SMILES string of the molecule is [B]C([B])([B])Oc1ccc(C(=O)Nc2cc(F)c(F)c([C@]3(C)CS(=O)(=O)N(C([B])([B])[B])C(N)=N3)c2)nc1. The summed E-state index contributed by atoms with van der Waals surface area (Å²) >= 11 is 0. The average Bonchev–Trinajstić information content (AvgIpc) is 2.67. The van der Waals surface area contributed by atoms with Crippen molar-refractivity contribution < 1.29 is 26.7 Å². The number of hydrogen-bond acceptors (Lipinski definition) is 7. The number of carbonyl (C=O) groups is 1. The van der Waals surface area contributed by atoms with Crippen molar-refractivity contribution in [3.63, 3.8) is 0 Å². The normalized spacial score (nSPS) is 19.9. The molecule has 0 spiro atoms. The van der Waals surface area contributed by atoms with Gasteiger partial charge in [0.05, 0.1) is 35.5 Å². The molecule has 1 amide bonds. The van der Waals surface area contributed by atoms with Crippen molar-refractivity contribution in [1.82, 2.24) is 9.29 Å². The molecule has 3 rings (SSSR count). The van der Waals surface area contributed by atoms with E-state index < -0.39 is 60.9 Å². The van der Waals surface area contributed by atoms with Gasteiger partial charge in [0.15, 0.2) is 11.6 Å². The van der Waals surface area contributed by atoms with Gasteiger partial charge in [0.1, 0.15) is 40.5 Å². The first-order chi connectivity index (χ1) is 16.3. The number of nitrogens with zero attached hydrogens (tertiary/aromatic N) is 3. The number of aromatic nitrogens is 1. The summed E-state index contributed by atoms with van der Waals surface area (Å²) in [6.45, 7) is 1.19. The number of nitrogens with two attached hydrogens (primary N) is 1. The van der Waals surface area contributed by atoms with Crippen LogP contribution >= 0.6 is 0 Å². The van der Waals surface area contributed by atoms with Crippen LogP contribution in [-0.4, -0.2) is 92.9 Å². The first-order valence-electron chi connectivity index (χ1n) is 9.90. The highest BCUT2D eigenvalue weighted by molar-refractivity contribution is 7.90. The maximum absolute atomic E-state index is 14.8. The summed E-state index contributed by atoms with van der Waals surface area (Å²) in [7, 11) is 27.9. The van der Waals surface area contributed by atoms with E-state index in [0.29, 0.717) is 6.07 Å². The van der Waals surface area contributed by atoms with E-state index in [2.05, 4.69) is 15.3 Å². The van der Waals surface area contributed by atoms with E-state index in [9.17, 15) is 22.0 Å². The fourth-order valence-electron chi connectivity index (χ4n) is 3.50. The standard InChI is InChI=1S/C18H13B6F2N5O4S/c1-16(7-36(33,34)31(15(27)30-16)17(19,20)21)10-4-8(5-11(25)13(10)26)29-14(32)12-3-2-9(6-28-12)35-18(22,23)24/h2-6H,7H2,1H3,(H2,27,30)(H,29,32)/t16-/m0/s1. The number of amides is 1. The summed E-state index contributed by atoms with van der Waals surface area (Å²) in [4.78, 5) is 20.4. The van der Waals surface area contributed by atoms with E-state index in [1.54, 1.807) is 0 Å². The van der Waals surface area contributed by atoms with Gasteiger partial charge in [0, 0.05) is 17.3 Å². The molecule has 2 aromatic rings. The maximum Gasteiger partial charge on any atom is 0.274 e. The summed E-state index contributed by atoms with van der Waals surface area (Å²) in [6.07, 6.45) is 1.11. The van der Waals surface area contributed by atoms with Crippen molar-refractivity contribution >= 4 is 74.7 Å². The van der Waals surface area contributed by atoms with Crippen LogP contribution in [0, 0.1) is 11.6 Å². The molecule has 1 aromatic carbocycles. The van der Waals surface area contributed by atoms with Crippen molar-refractivity contribution in [2.45, 2.75) is 23.0 Å². The number of rotatable bonds is 6. The van der Waals surface area contributed by atoms with E-state index in [1.807, 2.05) is 0 Å². The van der Waals surface area contributed by atoms with E-state index in [1.165, 1.54) is 19.1 Å². The summed E-state index contributed by atoms with van der Waals surface area (Å²) in [5, 5.41) is -2.07. The molecule has 2 heterocycles. The lowest BCUT2D eigenvalue weighted by Crippen LogP contribution is -2.63. The van der Waals surface area contributed by atoms with Crippen molar-refractivity contribution in [3.05, 3.63) is 53.4 Å². The van der Waals surface area contributed by atoms with E-state index in [0.717, 1.165) is 12.3 Å². The molecule has 0 fully saturated rings. The molecule has 1 aliphatic heterocycles. The predicted octanol–water partition coefficient (Wildman–Crippen LogP) is -1.60. The monoisotopic (exact) mass is 499 g/mol. The number of anilines is 1. The number of sulfonamides is 1. The van der Waals surface area contributed by atoms with Gasteiger partial charge < -0.3 is 15.8 Å². The molecule has 0 saturated carbocycles. The Morgan fingerprint density at radius 3 is 2.33 bits per heavy atom. The van der Waals surface area contributed by atoms with Crippen LogP contribution in [0.4, 0.5) is 14.5 Å². The van der Waals surface area contributed by atoms with Gasteiger partial charge in [0.25, 0.3) is 5.91 Å². The topological polar surface area (TPSA) is 127 Å². The number of nitrogens with one attached hydrogen (secondary N) is 1. The van der Waals surface area contributed by atoms with Gasteiger partial charge in [-0.3, -0.25) is 9.10 Å². The summed E-state index contributed by atoms with van der Waals surface area (Å²) in [6, 6.07) is 4.21. The summed E-state index contributed by atoms with van der Waals surface area (Å²) in [5.74, 6) is -5.24. The molecule has 36 heavy (non-hydrogen) atoms. The maximum atomic E-state index is 14.8. The van der Waals surface area contributed by atoms with E-state index >= 15 is 0 Å². The minimum Gasteiger partial charge on any atom is -0.514 e. The zero-order valence-corrected chi connectivity index (χ0v) is 19.6. The van der Waals surface area contributed by atoms with Crippen molar-refractivity contribution in [2.24, 2.45) is 10.7 Å². The molecule has 18 heteroatoms. The number of carbonyl (C=O) groups excluding carboxylic acids is 1. The van der Waals surface area contributed by atoms with Crippen LogP contribution in [0.3, 0.4) is 0 Å². The quantitative estimate of drug-likeness (QED) is 0.462. The predicted molar refractivity (Wildman–Crippen MR) is 134 cm³/mol. The van der Waals surface area contributed by atoms with E-state index in [-0.39, 0.29) is 21.4 Å². The molecular formula is C18H13B6F2N5O4S. The average molecular weight is 498 g/mol. The van der Waals surface area contributed by atoms with Gasteiger partial charge in [-0.25, -0.2) is 27.2 Å². The van der Waals surface area contributed by atoms with E-state index in [4.69, 9.17) is 57.5 Å². The third kappa shape index (κ3) is 5.91. The molecule has 9 nitrogen and oxygen atoms in total. The van der Waals surface area contributed by atoms with Crippen molar-refractivity contribution in [3.8, 4) is 5.75 Å². The van der Waals surface area contributed by atoms with Crippen LogP contribution < -0.4 is 15.8 Å². The Kier molecular flexibility index (Phi) is 7.08. The summed E-state index contributed by atoms with van der Waals surface area (Å²) in [5.41, 5.74) is 2.87. The zero-order valence-electron chi connectivity index (χ0n) is 18.8. The number of pyridine rings is 1. The second-order valence-electron chi connectivity index (χ2n) is 8.26. The Bertz CT molecular complexity index is 1340. The summed E-state index contributed by atoms with van der Waals surface area (Å²) < 4.78 is 60.1. The minimum atomic E-state index is -4.43. The van der Waals surface area contributed by atoms with Crippen molar-refractivity contribution in [2.75, 3.05) is 11.1 Å². The molecule has 1 atom stereocenters. The lowest BCUT2D eigenvalue weighted by Gasteiger charge is -2.43. The minimum absolute atomic E-state index is 0.0570. The molecule has 1 aromatic heterocycles. The Labute approximate surface area is 214 Å². The second kappa shape index (κ2) is 9.20. The lowest BCUT2D eigenvalue weighted by atomic mass is 9.49. The zero-order chi connectivity index (χ0) is 27.3. The largest absolute Gasteiger partial charge is 0.514 e. The van der Waals surface area contributed by atoms with Crippen LogP contribution in [0.15, 0.2) is 35.5 Å². The van der Waals surface area contributed by atoms with Crippen LogP contribution in [0.25, 0.3) is 0 Å². The molecule has 1 aliphatic rings. The highest BCUT2D eigenvalue weighted by atomic mass is 32.2. The second-order valence-corrected chi connectivity index (χ2v) is 10.1. The van der Waals surface area contributed by atoms with Gasteiger partial charge in [-0.1, -0.05) is 5.24 Å². The molecule has 0 saturated heterocycles. The fraction of sp³-hybridized carbons (Fsp3) is 0.278. The molecule has 12 radical (unpaired) electrons. The highest BCUT2D eigenvalue weighted by Crippen LogP contribution is 2.37. The third-order valence-electron chi connectivity index (χ3n) is 4.79. The van der Waals surface area contributed by atoms with Crippen LogP contribution in [0.2, 0.25) is 0 Å². The molecule has 3 N–H and O–H groups in total. The van der Waals surface area contributed by atoms with Crippen LogP contribution in [0.1, 0.15) is 23.0 Å². The Hall–Kier alpha value is -2.89. The van der Waals surface area contributed by atoms with Crippen LogP contribution in [-0.2, 0) is 15.6 Å². The molecule has 172 valence electrons. The van der Waals surface area contributed by atoms with Gasteiger partial charge in [-0.05, 0) is 30.4 Å². The van der Waals surface area contributed by atoms with Crippen LogP contribution in [0.5, 0.6) is 5.75 Å². The smallest absolute Gasteiger partial charge is 0.274 e. The van der Waals surface area contributed by atoms with Gasteiger partial charge in [-0.2, -0.15) is 0 Å². The fourth-order valence-corrected chi connectivity index (χ4v) is 5.36. The number of guanidine groups is 1. The first-order valence-corrected chi connectivity index (χ1v) is 11.5. The van der Waals surface area contributed by atoms with Gasteiger partial charge >= 0.3 is 0 Å². The Morgan fingerprint density at radius 2 is 1.83 bits per heavy atom. The molecular weight excluding hydrogens is 485 g/mol. The lowest BCUT2D eigenvalue weighted by molar-refractivity contribution is 0.102. The number of halogens is 2. The third-order valence-corrected chi connectivity index (χ3v) is 6.78. The first kappa shape index (κ1) is 27.7. The molecule has 0 bridgehead atoms. The number of ether oxygens (including phenoxy) is 1. The molecule has 0 aliphatic carbocycles. The number of benzene rings is 1. The van der Waals surface area contributed by atoms with Gasteiger partial charge in [-0.15, -0.1) is 0 Å². The Morgan fingerprint density at radius 1 is 1.19 bits per heavy atom. The van der Waals surface area contributed by atoms with Gasteiger partial charge in [0.2, 0.25) is 16.0 Å². The highest BCUT2D eigenvalue weighted by Gasteiger charge is 2.46. The number of aliphatic imine (C=N–C) groups is 1.